The van der Waals surface area contributed by atoms with Crippen LogP contribution in [-0.2, 0) is 26.2 Å². The number of hydrogen-bond acceptors (Lipinski definition) is 5. The van der Waals surface area contributed by atoms with E-state index in [1.165, 1.54) is 24.1 Å². The van der Waals surface area contributed by atoms with Crippen LogP contribution in [0.15, 0.2) is 42.5 Å². The van der Waals surface area contributed by atoms with Crippen LogP contribution >= 0.6 is 23.2 Å². The first-order valence-electron chi connectivity index (χ1n) is 11.6. The van der Waals surface area contributed by atoms with Gasteiger partial charge in [-0.25, -0.2) is 8.42 Å². The fraction of sp³-hybridized carbons (Fsp3) is 0.440. The Bertz CT molecular complexity index is 1160. The minimum absolute atomic E-state index is 0.0812. The Morgan fingerprint density at radius 1 is 1.03 bits per heavy atom. The topological polar surface area (TPSA) is 96.0 Å². The lowest BCUT2D eigenvalue weighted by Crippen LogP contribution is -2.53. The van der Waals surface area contributed by atoms with Gasteiger partial charge in [0.05, 0.1) is 19.1 Å². The number of sulfonamides is 1. The maximum absolute atomic E-state index is 13.7. The quantitative estimate of drug-likeness (QED) is 0.414. The van der Waals surface area contributed by atoms with E-state index in [4.69, 9.17) is 27.9 Å². The molecule has 0 aromatic heterocycles. The summed E-state index contributed by atoms with van der Waals surface area (Å²) in [6.07, 6.45) is 2.06. The third-order valence-corrected chi connectivity index (χ3v) is 7.36. The number of methoxy groups -OCH3 is 1. The summed E-state index contributed by atoms with van der Waals surface area (Å²) in [5, 5.41) is 3.75. The summed E-state index contributed by atoms with van der Waals surface area (Å²) in [7, 11) is -2.52. The second kappa shape index (κ2) is 13.2. The molecule has 8 nitrogen and oxygen atoms in total. The van der Waals surface area contributed by atoms with Gasteiger partial charge in [0, 0.05) is 22.6 Å². The van der Waals surface area contributed by atoms with E-state index in [1.54, 1.807) is 37.3 Å². The molecule has 0 spiro atoms. The van der Waals surface area contributed by atoms with E-state index in [1.807, 2.05) is 13.8 Å². The molecule has 2 aromatic rings. The summed E-state index contributed by atoms with van der Waals surface area (Å²) < 4.78 is 31.8. The van der Waals surface area contributed by atoms with Gasteiger partial charge in [-0.1, -0.05) is 49.2 Å². The van der Waals surface area contributed by atoms with E-state index in [0.29, 0.717) is 11.4 Å². The van der Waals surface area contributed by atoms with Crippen molar-refractivity contribution in [1.29, 1.82) is 0 Å². The first-order valence-corrected chi connectivity index (χ1v) is 14.2. The highest BCUT2D eigenvalue weighted by atomic mass is 35.5. The Morgan fingerprint density at radius 3 is 2.17 bits per heavy atom. The maximum atomic E-state index is 13.7. The first kappa shape index (κ1) is 29.7. The number of amides is 2. The first-order chi connectivity index (χ1) is 16.9. The van der Waals surface area contributed by atoms with Gasteiger partial charge in [0.15, 0.2) is 0 Å². The molecule has 0 fully saturated rings. The number of halogens is 2. The number of rotatable bonds is 12. The summed E-state index contributed by atoms with van der Waals surface area (Å²) in [4.78, 5) is 28.3. The van der Waals surface area contributed by atoms with Gasteiger partial charge in [-0.3, -0.25) is 13.9 Å². The van der Waals surface area contributed by atoms with Gasteiger partial charge in [-0.05, 0) is 55.7 Å². The van der Waals surface area contributed by atoms with Crippen molar-refractivity contribution in [3.63, 3.8) is 0 Å². The molecule has 0 radical (unpaired) electrons. The number of hydrogen-bond donors (Lipinski definition) is 1. The molecule has 2 atom stereocenters. The van der Waals surface area contributed by atoms with Gasteiger partial charge in [0.1, 0.15) is 18.3 Å². The van der Waals surface area contributed by atoms with Gasteiger partial charge >= 0.3 is 0 Å². The minimum Gasteiger partial charge on any atom is -0.495 e. The highest BCUT2D eigenvalue weighted by Crippen LogP contribution is 2.33. The van der Waals surface area contributed by atoms with Crippen molar-refractivity contribution < 1.29 is 22.7 Å². The molecule has 0 aliphatic carbocycles. The third-order valence-electron chi connectivity index (χ3n) is 5.74. The molecule has 198 valence electrons. The highest BCUT2D eigenvalue weighted by molar-refractivity contribution is 7.92. The monoisotopic (exact) mass is 557 g/mol. The van der Waals surface area contributed by atoms with Crippen molar-refractivity contribution >= 4 is 50.7 Å². The Hall–Kier alpha value is -2.49. The number of nitrogens with one attached hydrogen (secondary N) is 1. The van der Waals surface area contributed by atoms with Crippen molar-refractivity contribution in [2.24, 2.45) is 0 Å². The van der Waals surface area contributed by atoms with Crippen LogP contribution in [0.5, 0.6) is 5.75 Å². The van der Waals surface area contributed by atoms with Crippen molar-refractivity contribution in [3.8, 4) is 5.75 Å². The SMILES string of the molecule is CC[C@@H](C)NC(=O)[C@H](CC)N(Cc1ccc(Cl)cc1)C(=O)CN(c1cc(Cl)ccc1OC)S(C)(=O)=O. The third kappa shape index (κ3) is 8.01. The van der Waals surface area contributed by atoms with Gasteiger partial charge < -0.3 is 15.0 Å². The van der Waals surface area contributed by atoms with Crippen molar-refractivity contribution in [2.75, 3.05) is 24.2 Å². The largest absolute Gasteiger partial charge is 0.495 e. The zero-order valence-electron chi connectivity index (χ0n) is 21.1. The average Bonchev–Trinajstić information content (AvgIpc) is 2.82. The Balaban J connectivity index is 2.50. The summed E-state index contributed by atoms with van der Waals surface area (Å²) in [6, 6.07) is 10.5. The van der Waals surface area contributed by atoms with Crippen LogP contribution in [0.25, 0.3) is 0 Å². The number of carbonyl (C=O) groups excluding carboxylic acids is 2. The standard InChI is InChI=1S/C25H33Cl2N3O5S/c1-6-17(3)28-25(32)21(7-2)29(15-18-8-10-19(26)11-9-18)24(31)16-30(36(5,33)34)22-14-20(27)12-13-23(22)35-4/h8-14,17,21H,6-7,15-16H2,1-5H3,(H,28,32)/t17-,21+/m1/s1. The molecular formula is C25H33Cl2N3O5S. The highest BCUT2D eigenvalue weighted by Gasteiger charge is 2.33. The molecule has 0 aliphatic rings. The van der Waals surface area contributed by atoms with Crippen LogP contribution in [0.4, 0.5) is 5.69 Å². The van der Waals surface area contributed by atoms with Crippen LogP contribution < -0.4 is 14.4 Å². The average molecular weight is 559 g/mol. The minimum atomic E-state index is -3.92. The fourth-order valence-electron chi connectivity index (χ4n) is 3.60. The normalized spacial score (nSPS) is 13.0. The lowest BCUT2D eigenvalue weighted by molar-refractivity contribution is -0.140. The summed E-state index contributed by atoms with van der Waals surface area (Å²) in [6.45, 7) is 5.18. The van der Waals surface area contributed by atoms with Crippen molar-refractivity contribution in [1.82, 2.24) is 10.2 Å². The van der Waals surface area contributed by atoms with E-state index in [0.717, 1.165) is 22.5 Å². The summed E-state index contributed by atoms with van der Waals surface area (Å²) >= 11 is 12.1. The molecular weight excluding hydrogens is 525 g/mol. The predicted molar refractivity (Wildman–Crippen MR) is 144 cm³/mol. The zero-order valence-corrected chi connectivity index (χ0v) is 23.5. The van der Waals surface area contributed by atoms with Crippen LogP contribution in [0.2, 0.25) is 10.0 Å². The lowest BCUT2D eigenvalue weighted by atomic mass is 10.1. The molecule has 2 aromatic carbocycles. The Labute approximate surface area is 223 Å². The molecule has 0 heterocycles. The molecule has 0 saturated heterocycles. The van der Waals surface area contributed by atoms with E-state index >= 15 is 0 Å². The summed E-state index contributed by atoms with van der Waals surface area (Å²) in [5.41, 5.74) is 0.873. The van der Waals surface area contributed by atoms with Crippen molar-refractivity contribution in [3.05, 3.63) is 58.1 Å². The molecule has 2 amide bonds. The van der Waals surface area contributed by atoms with E-state index < -0.39 is 28.5 Å². The van der Waals surface area contributed by atoms with E-state index in [-0.39, 0.29) is 35.0 Å². The van der Waals surface area contributed by atoms with Crippen LogP contribution in [0.1, 0.15) is 39.2 Å². The van der Waals surface area contributed by atoms with Gasteiger partial charge in [0.25, 0.3) is 0 Å². The molecule has 0 unspecified atom stereocenters. The fourth-order valence-corrected chi connectivity index (χ4v) is 4.74. The number of anilines is 1. The predicted octanol–water partition coefficient (Wildman–Crippen LogP) is 4.49. The number of nitrogens with zero attached hydrogens (tertiary/aromatic N) is 2. The maximum Gasteiger partial charge on any atom is 0.244 e. The second-order valence-electron chi connectivity index (χ2n) is 8.48. The van der Waals surface area contributed by atoms with E-state index in [9.17, 15) is 18.0 Å². The molecule has 0 saturated carbocycles. The second-order valence-corrected chi connectivity index (χ2v) is 11.3. The number of ether oxygens (including phenoxy) is 1. The van der Waals surface area contributed by atoms with Gasteiger partial charge in [-0.15, -0.1) is 0 Å². The molecule has 2 rings (SSSR count). The number of benzene rings is 2. The number of carbonyl (C=O) groups is 2. The zero-order chi connectivity index (χ0) is 27.0. The van der Waals surface area contributed by atoms with Crippen molar-refractivity contribution in [2.45, 2.75) is 52.2 Å². The molecule has 11 heteroatoms. The van der Waals surface area contributed by atoms with Gasteiger partial charge in [0.2, 0.25) is 21.8 Å². The Kier molecular flexibility index (Phi) is 10.9. The smallest absolute Gasteiger partial charge is 0.244 e. The van der Waals surface area contributed by atoms with Crippen LogP contribution in [0, 0.1) is 0 Å². The lowest BCUT2D eigenvalue weighted by Gasteiger charge is -2.33. The Morgan fingerprint density at radius 2 is 1.64 bits per heavy atom. The molecule has 0 aliphatic heterocycles. The van der Waals surface area contributed by atoms with Crippen LogP contribution in [0.3, 0.4) is 0 Å². The van der Waals surface area contributed by atoms with Gasteiger partial charge in [-0.2, -0.15) is 0 Å². The molecule has 1 N–H and O–H groups in total. The summed E-state index contributed by atoms with van der Waals surface area (Å²) in [5.74, 6) is -0.618. The molecule has 36 heavy (non-hydrogen) atoms. The van der Waals surface area contributed by atoms with Crippen LogP contribution in [-0.4, -0.2) is 57.1 Å². The molecule has 0 bridgehead atoms. The van der Waals surface area contributed by atoms with E-state index in [2.05, 4.69) is 5.32 Å².